The van der Waals surface area contributed by atoms with Crippen LogP contribution in [0.2, 0.25) is 0 Å². The van der Waals surface area contributed by atoms with E-state index in [0.717, 1.165) is 48.5 Å². The topological polar surface area (TPSA) is 84.7 Å². The molecule has 1 aromatic carbocycles. The van der Waals surface area contributed by atoms with Crippen LogP contribution >= 0.6 is 11.8 Å². The zero-order valence-corrected chi connectivity index (χ0v) is 17.7. The van der Waals surface area contributed by atoms with Gasteiger partial charge in [0.15, 0.2) is 22.4 Å². The Morgan fingerprint density at radius 3 is 2.70 bits per heavy atom. The van der Waals surface area contributed by atoms with Crippen LogP contribution in [0, 0.1) is 11.6 Å². The largest absolute Gasteiger partial charge is 0.369 e. The van der Waals surface area contributed by atoms with Crippen LogP contribution in [0.3, 0.4) is 0 Å². The Hall–Kier alpha value is -2.75. The molecule has 0 spiro atoms. The highest BCUT2D eigenvalue weighted by atomic mass is 32.2. The summed E-state index contributed by atoms with van der Waals surface area (Å²) in [6, 6.07) is 3.06. The monoisotopic (exact) mass is 434 g/mol. The zero-order chi connectivity index (χ0) is 21.5. The van der Waals surface area contributed by atoms with Gasteiger partial charge in [-0.3, -0.25) is 4.79 Å². The molecule has 2 aromatic heterocycles. The second kappa shape index (κ2) is 10.3. The second-order valence-corrected chi connectivity index (χ2v) is 7.68. The van der Waals surface area contributed by atoms with Gasteiger partial charge in [0.2, 0.25) is 0 Å². The number of hydrogen-bond acceptors (Lipinski definition) is 6. The van der Waals surface area contributed by atoms with Gasteiger partial charge in [0.25, 0.3) is 5.91 Å². The summed E-state index contributed by atoms with van der Waals surface area (Å²) in [4.78, 5) is 21.4. The molecule has 0 atom stereocenters. The number of halogens is 2. The third-order valence-electron chi connectivity index (χ3n) is 4.24. The molecule has 0 aliphatic carbocycles. The van der Waals surface area contributed by atoms with Gasteiger partial charge in [-0.05, 0) is 31.0 Å². The molecule has 2 heterocycles. The Kier molecular flexibility index (Phi) is 7.56. The maximum Gasteiger partial charge on any atom is 0.251 e. The summed E-state index contributed by atoms with van der Waals surface area (Å²) >= 11 is 1.58. The molecular formula is C20H24F2N6OS. The lowest BCUT2D eigenvalue weighted by Crippen LogP contribution is -2.27. The van der Waals surface area contributed by atoms with Crippen LogP contribution in [0.5, 0.6) is 0 Å². The summed E-state index contributed by atoms with van der Waals surface area (Å²) in [5.74, 6) is -0.862. The number of thioether (sulfide) groups is 1. The molecule has 0 bridgehead atoms. The fourth-order valence-corrected chi connectivity index (χ4v) is 3.44. The number of nitrogens with zero attached hydrogens (tertiary/aromatic N) is 4. The normalized spacial score (nSPS) is 11.1. The molecule has 3 aromatic rings. The maximum absolute atomic E-state index is 13.3. The minimum absolute atomic E-state index is 0.0610. The van der Waals surface area contributed by atoms with Crippen LogP contribution < -0.4 is 10.6 Å². The second-order valence-electron chi connectivity index (χ2n) is 6.62. The fraction of sp³-hybridized carbons (Fsp3) is 0.400. The van der Waals surface area contributed by atoms with Gasteiger partial charge < -0.3 is 10.6 Å². The number of carbonyl (C=O) groups is 1. The first-order valence-corrected chi connectivity index (χ1v) is 10.9. The number of amides is 1. The lowest BCUT2D eigenvalue weighted by atomic mass is 10.2. The van der Waals surface area contributed by atoms with Crippen LogP contribution in [-0.2, 0) is 6.54 Å². The predicted molar refractivity (Wildman–Crippen MR) is 114 cm³/mol. The van der Waals surface area contributed by atoms with Gasteiger partial charge in [0, 0.05) is 24.4 Å². The molecule has 30 heavy (non-hydrogen) atoms. The summed E-state index contributed by atoms with van der Waals surface area (Å²) < 4.78 is 28.1. The first kappa shape index (κ1) is 21.9. The van der Waals surface area contributed by atoms with E-state index in [1.165, 1.54) is 6.07 Å². The van der Waals surface area contributed by atoms with Gasteiger partial charge in [0.05, 0.1) is 18.1 Å². The van der Waals surface area contributed by atoms with Crippen LogP contribution in [0.25, 0.3) is 11.0 Å². The minimum atomic E-state index is -1.05. The average molecular weight is 435 g/mol. The molecule has 0 unspecified atom stereocenters. The van der Waals surface area contributed by atoms with E-state index in [2.05, 4.69) is 39.5 Å². The molecule has 0 aliphatic rings. The summed E-state index contributed by atoms with van der Waals surface area (Å²) in [5.41, 5.74) is 0.745. The number of rotatable bonds is 10. The van der Waals surface area contributed by atoms with E-state index in [1.807, 2.05) is 0 Å². The number of nitrogens with one attached hydrogen (secondary N) is 2. The molecule has 0 fully saturated rings. The maximum atomic E-state index is 13.3. The smallest absolute Gasteiger partial charge is 0.251 e. The molecule has 0 aliphatic heterocycles. The number of carbonyl (C=O) groups excluding carboxylic acids is 1. The number of anilines is 1. The minimum Gasteiger partial charge on any atom is -0.369 e. The van der Waals surface area contributed by atoms with Crippen molar-refractivity contribution in [1.29, 1.82) is 0 Å². The van der Waals surface area contributed by atoms with Gasteiger partial charge in [-0.1, -0.05) is 25.6 Å². The number of fused-ring (bicyclic) bond motifs is 1. The molecule has 1 amide bonds. The molecule has 3 rings (SSSR count). The van der Waals surface area contributed by atoms with E-state index in [4.69, 9.17) is 0 Å². The van der Waals surface area contributed by atoms with Crippen molar-refractivity contribution in [2.24, 2.45) is 0 Å². The average Bonchev–Trinajstić information content (AvgIpc) is 3.15. The van der Waals surface area contributed by atoms with Crippen molar-refractivity contribution in [3.8, 4) is 0 Å². The fourth-order valence-electron chi connectivity index (χ4n) is 2.75. The highest BCUT2D eigenvalue weighted by Gasteiger charge is 2.14. The highest BCUT2D eigenvalue weighted by molar-refractivity contribution is 7.99. The number of benzene rings is 1. The van der Waals surface area contributed by atoms with Gasteiger partial charge in [-0.15, -0.1) is 0 Å². The Bertz CT molecular complexity index is 1030. The molecule has 7 nitrogen and oxygen atoms in total. The zero-order valence-electron chi connectivity index (χ0n) is 16.9. The first-order chi connectivity index (χ1) is 14.5. The van der Waals surface area contributed by atoms with E-state index in [-0.39, 0.29) is 12.1 Å². The van der Waals surface area contributed by atoms with Crippen molar-refractivity contribution in [3.05, 3.63) is 41.6 Å². The summed E-state index contributed by atoms with van der Waals surface area (Å²) in [6.07, 6.45) is 3.69. The molecule has 10 heteroatoms. The Morgan fingerprint density at radius 2 is 1.97 bits per heavy atom. The van der Waals surface area contributed by atoms with Crippen LogP contribution in [0.1, 0.15) is 37.0 Å². The van der Waals surface area contributed by atoms with Gasteiger partial charge in [0.1, 0.15) is 5.82 Å². The van der Waals surface area contributed by atoms with Crippen LogP contribution in [-0.4, -0.2) is 44.5 Å². The quantitative estimate of drug-likeness (QED) is 0.372. The number of aromatic nitrogens is 4. The predicted octanol–water partition coefficient (Wildman–Crippen LogP) is 3.86. The van der Waals surface area contributed by atoms with Gasteiger partial charge in [-0.25, -0.2) is 23.4 Å². The summed E-state index contributed by atoms with van der Waals surface area (Å²) in [6.45, 7) is 5.60. The Labute approximate surface area is 177 Å². The number of hydrogen-bond donors (Lipinski definition) is 2. The summed E-state index contributed by atoms with van der Waals surface area (Å²) in [7, 11) is 0. The lowest BCUT2D eigenvalue weighted by molar-refractivity contribution is 0.0951. The van der Waals surface area contributed by atoms with E-state index < -0.39 is 17.5 Å². The molecule has 0 saturated carbocycles. The molecule has 0 saturated heterocycles. The van der Waals surface area contributed by atoms with Crippen molar-refractivity contribution in [2.45, 2.75) is 38.4 Å². The van der Waals surface area contributed by atoms with Crippen molar-refractivity contribution in [2.75, 3.05) is 24.2 Å². The lowest BCUT2D eigenvalue weighted by Gasteiger charge is -2.09. The highest BCUT2D eigenvalue weighted by Crippen LogP contribution is 2.24. The van der Waals surface area contributed by atoms with Crippen molar-refractivity contribution >= 4 is 34.5 Å². The van der Waals surface area contributed by atoms with E-state index in [1.54, 1.807) is 22.6 Å². The van der Waals surface area contributed by atoms with Crippen molar-refractivity contribution in [3.63, 3.8) is 0 Å². The van der Waals surface area contributed by atoms with Gasteiger partial charge >= 0.3 is 0 Å². The SMILES string of the molecule is CCCNc1nc(SCCC)nc2c1cnn2CCNC(=O)c1ccc(F)c(F)c1. The van der Waals surface area contributed by atoms with Crippen molar-refractivity contribution < 1.29 is 13.6 Å². The van der Waals surface area contributed by atoms with E-state index in [9.17, 15) is 13.6 Å². The standard InChI is InChI=1S/C20H24F2N6OS/c1-3-7-23-17-14-12-25-28(18(14)27-20(26-17)30-10-4-2)9-8-24-19(29)13-5-6-15(21)16(22)11-13/h5-6,11-12H,3-4,7-10H2,1-2H3,(H,24,29)(H,23,26,27). The summed E-state index contributed by atoms with van der Waals surface area (Å²) in [5, 5.41) is 11.9. The molecule has 0 radical (unpaired) electrons. The first-order valence-electron chi connectivity index (χ1n) is 9.87. The molecule has 2 N–H and O–H groups in total. The Balaban J connectivity index is 1.73. The van der Waals surface area contributed by atoms with E-state index >= 15 is 0 Å². The van der Waals surface area contributed by atoms with E-state index in [0.29, 0.717) is 17.3 Å². The third kappa shape index (κ3) is 5.24. The third-order valence-corrected chi connectivity index (χ3v) is 5.30. The van der Waals surface area contributed by atoms with Crippen molar-refractivity contribution in [1.82, 2.24) is 25.1 Å². The Morgan fingerprint density at radius 1 is 1.13 bits per heavy atom. The van der Waals surface area contributed by atoms with Crippen LogP contribution in [0.4, 0.5) is 14.6 Å². The molecular weight excluding hydrogens is 410 g/mol. The molecule has 160 valence electrons. The van der Waals surface area contributed by atoms with Gasteiger partial charge in [-0.2, -0.15) is 5.10 Å². The van der Waals surface area contributed by atoms with Crippen LogP contribution in [0.15, 0.2) is 29.6 Å².